The van der Waals surface area contributed by atoms with E-state index >= 15 is 0 Å². The molecule has 7 nitrogen and oxygen atoms in total. The van der Waals surface area contributed by atoms with Gasteiger partial charge in [-0.15, -0.1) is 10.2 Å². The third-order valence-electron chi connectivity index (χ3n) is 4.88. The Morgan fingerprint density at radius 1 is 1.03 bits per heavy atom. The van der Waals surface area contributed by atoms with E-state index < -0.39 is 15.8 Å². The van der Waals surface area contributed by atoms with Crippen LogP contribution in [0.15, 0.2) is 57.8 Å². The van der Waals surface area contributed by atoms with Crippen molar-refractivity contribution in [2.45, 2.75) is 18.4 Å². The summed E-state index contributed by atoms with van der Waals surface area (Å²) in [5.74, 6) is 0.209. The number of hydrogen-bond acceptors (Lipinski definition) is 6. The molecule has 0 amide bonds. The minimum Gasteiger partial charge on any atom is -0.419 e. The summed E-state index contributed by atoms with van der Waals surface area (Å²) in [4.78, 5) is 1.76. The molecule has 0 N–H and O–H groups in total. The Hall–Kier alpha value is -2.62. The van der Waals surface area contributed by atoms with Crippen LogP contribution in [0.5, 0.6) is 0 Å². The van der Waals surface area contributed by atoms with E-state index in [0.717, 1.165) is 17.2 Å². The van der Waals surface area contributed by atoms with Crippen molar-refractivity contribution in [2.75, 3.05) is 26.2 Å². The molecule has 4 rings (SSSR count). The topological polar surface area (TPSA) is 79.5 Å². The van der Waals surface area contributed by atoms with Gasteiger partial charge in [-0.3, -0.25) is 4.90 Å². The smallest absolute Gasteiger partial charge is 0.247 e. The molecule has 2 heterocycles. The Bertz CT molecular complexity index is 1110. The molecule has 0 aliphatic carbocycles. The van der Waals surface area contributed by atoms with Crippen LogP contribution in [0, 0.1) is 12.7 Å². The molecule has 0 bridgehead atoms. The lowest BCUT2D eigenvalue weighted by Crippen LogP contribution is -2.48. The molecule has 1 aliphatic heterocycles. The highest BCUT2D eigenvalue weighted by atomic mass is 32.2. The maximum atomic E-state index is 13.9. The van der Waals surface area contributed by atoms with E-state index in [1.807, 2.05) is 36.1 Å². The van der Waals surface area contributed by atoms with Crippen molar-refractivity contribution in [3.63, 3.8) is 0 Å². The first-order valence-electron chi connectivity index (χ1n) is 9.30. The summed E-state index contributed by atoms with van der Waals surface area (Å²) in [6.45, 7) is 3.97. The highest BCUT2D eigenvalue weighted by Gasteiger charge is 2.30. The Balaban J connectivity index is 1.39. The molecule has 1 aromatic heterocycles. The summed E-state index contributed by atoms with van der Waals surface area (Å²) < 4.78 is 46.4. The van der Waals surface area contributed by atoms with E-state index in [2.05, 4.69) is 10.2 Å². The quantitative estimate of drug-likeness (QED) is 0.636. The third-order valence-corrected chi connectivity index (χ3v) is 6.81. The van der Waals surface area contributed by atoms with Crippen molar-refractivity contribution >= 4 is 10.0 Å². The summed E-state index contributed by atoms with van der Waals surface area (Å²) in [6.07, 6.45) is 0. The van der Waals surface area contributed by atoms with Crippen molar-refractivity contribution in [2.24, 2.45) is 0 Å². The second-order valence-electron chi connectivity index (χ2n) is 6.98. The lowest BCUT2D eigenvalue weighted by atomic mass is 10.1. The molecule has 0 radical (unpaired) electrons. The van der Waals surface area contributed by atoms with Gasteiger partial charge in [0.15, 0.2) is 0 Å². The molecule has 1 saturated heterocycles. The standard InChI is InChI=1S/C20H21FN4O3S/c1-15-5-4-6-16(13-15)20-23-22-19(28-20)14-24-9-11-25(12-10-24)29(26,27)18-8-3-2-7-17(18)21/h2-8,13H,9-12,14H2,1H3. The van der Waals surface area contributed by atoms with Crippen LogP contribution in [0.4, 0.5) is 4.39 Å². The third kappa shape index (κ3) is 4.21. The number of halogens is 1. The second kappa shape index (κ2) is 8.02. The van der Waals surface area contributed by atoms with E-state index in [4.69, 9.17) is 4.42 Å². The van der Waals surface area contributed by atoms with Gasteiger partial charge in [-0.2, -0.15) is 4.31 Å². The summed E-state index contributed by atoms with van der Waals surface area (Å²) in [5, 5.41) is 8.21. The zero-order valence-electron chi connectivity index (χ0n) is 16.0. The molecule has 9 heteroatoms. The van der Waals surface area contributed by atoms with Crippen LogP contribution in [0.2, 0.25) is 0 Å². The molecule has 0 unspecified atom stereocenters. The van der Waals surface area contributed by atoms with Crippen molar-refractivity contribution in [3.05, 3.63) is 65.8 Å². The lowest BCUT2D eigenvalue weighted by Gasteiger charge is -2.33. The minimum absolute atomic E-state index is 0.273. The van der Waals surface area contributed by atoms with E-state index in [1.54, 1.807) is 0 Å². The first kappa shape index (κ1) is 19.7. The number of benzene rings is 2. The molecule has 0 saturated carbocycles. The van der Waals surface area contributed by atoms with Crippen molar-refractivity contribution in [1.29, 1.82) is 0 Å². The zero-order valence-corrected chi connectivity index (χ0v) is 16.8. The van der Waals surface area contributed by atoms with Gasteiger partial charge in [-0.25, -0.2) is 12.8 Å². The van der Waals surface area contributed by atoms with Crippen molar-refractivity contribution in [1.82, 2.24) is 19.4 Å². The highest BCUT2D eigenvalue weighted by Crippen LogP contribution is 2.22. The van der Waals surface area contributed by atoms with Gasteiger partial charge in [0.05, 0.1) is 6.54 Å². The molecule has 3 aromatic rings. The van der Waals surface area contributed by atoms with Crippen LogP contribution in [-0.2, 0) is 16.6 Å². The van der Waals surface area contributed by atoms with E-state index in [1.165, 1.54) is 22.5 Å². The molecule has 0 spiro atoms. The number of piperazine rings is 1. The number of sulfonamides is 1. The van der Waals surface area contributed by atoms with E-state index in [9.17, 15) is 12.8 Å². The molecule has 1 fully saturated rings. The largest absolute Gasteiger partial charge is 0.419 e. The predicted molar refractivity (Wildman–Crippen MR) is 105 cm³/mol. The highest BCUT2D eigenvalue weighted by molar-refractivity contribution is 7.89. The average molecular weight is 416 g/mol. The van der Waals surface area contributed by atoms with E-state index in [-0.39, 0.29) is 18.0 Å². The molecular weight excluding hydrogens is 395 g/mol. The SMILES string of the molecule is Cc1cccc(-c2nnc(CN3CCN(S(=O)(=O)c4ccccc4F)CC3)o2)c1. The van der Waals surface area contributed by atoms with Crippen LogP contribution in [0.1, 0.15) is 11.5 Å². The molecule has 29 heavy (non-hydrogen) atoms. The van der Waals surface area contributed by atoms with Gasteiger partial charge < -0.3 is 4.42 Å². The van der Waals surface area contributed by atoms with Gasteiger partial charge in [-0.1, -0.05) is 29.8 Å². The summed E-state index contributed by atoms with van der Waals surface area (Å²) in [7, 11) is -3.84. The van der Waals surface area contributed by atoms with Crippen molar-refractivity contribution < 1.29 is 17.2 Å². The van der Waals surface area contributed by atoms with Gasteiger partial charge in [0.25, 0.3) is 0 Å². The number of rotatable bonds is 5. The van der Waals surface area contributed by atoms with Crippen LogP contribution in [0.3, 0.4) is 0 Å². The van der Waals surface area contributed by atoms with Crippen molar-refractivity contribution in [3.8, 4) is 11.5 Å². The van der Waals surface area contributed by atoms with Crippen LogP contribution in [0.25, 0.3) is 11.5 Å². The number of nitrogens with zero attached hydrogens (tertiary/aromatic N) is 4. The Labute approximate surface area is 168 Å². The average Bonchev–Trinajstić information content (AvgIpc) is 3.17. The number of hydrogen-bond donors (Lipinski definition) is 0. The molecule has 0 atom stereocenters. The summed E-state index contributed by atoms with van der Waals surface area (Å²) >= 11 is 0. The fraction of sp³-hybridized carbons (Fsp3) is 0.300. The summed E-state index contributed by atoms with van der Waals surface area (Å²) in [5.41, 5.74) is 1.97. The lowest BCUT2D eigenvalue weighted by molar-refractivity contribution is 0.168. The minimum atomic E-state index is -3.84. The first-order chi connectivity index (χ1) is 13.9. The zero-order chi connectivity index (χ0) is 20.4. The maximum absolute atomic E-state index is 13.9. The monoisotopic (exact) mass is 416 g/mol. The molecule has 152 valence electrons. The predicted octanol–water partition coefficient (Wildman–Crippen LogP) is 2.69. The van der Waals surface area contributed by atoms with Gasteiger partial charge in [0, 0.05) is 31.7 Å². The Morgan fingerprint density at radius 3 is 2.52 bits per heavy atom. The fourth-order valence-electron chi connectivity index (χ4n) is 3.32. The van der Waals surface area contributed by atoms with Gasteiger partial charge in [-0.05, 0) is 31.2 Å². The number of aromatic nitrogens is 2. The second-order valence-corrected chi connectivity index (χ2v) is 8.89. The van der Waals surface area contributed by atoms with E-state index in [0.29, 0.717) is 31.4 Å². The normalized spacial score (nSPS) is 16.2. The molecular formula is C20H21FN4O3S. The maximum Gasteiger partial charge on any atom is 0.247 e. The first-order valence-corrected chi connectivity index (χ1v) is 10.7. The summed E-state index contributed by atoms with van der Waals surface area (Å²) in [6, 6.07) is 13.3. The van der Waals surface area contributed by atoms with Crippen LogP contribution < -0.4 is 0 Å². The molecule has 1 aliphatic rings. The fourth-order valence-corrected chi connectivity index (χ4v) is 4.81. The van der Waals surface area contributed by atoms with Crippen LogP contribution >= 0.6 is 0 Å². The number of aryl methyl sites for hydroxylation is 1. The van der Waals surface area contributed by atoms with Gasteiger partial charge >= 0.3 is 0 Å². The van der Waals surface area contributed by atoms with Gasteiger partial charge in [0.2, 0.25) is 21.8 Å². The Morgan fingerprint density at radius 2 is 1.79 bits per heavy atom. The molecule has 2 aromatic carbocycles. The van der Waals surface area contributed by atoms with Gasteiger partial charge in [0.1, 0.15) is 10.7 Å². The Kier molecular flexibility index (Phi) is 5.44. The van der Waals surface area contributed by atoms with Crippen LogP contribution in [-0.4, -0.2) is 54.0 Å².